The summed E-state index contributed by atoms with van der Waals surface area (Å²) in [5.41, 5.74) is 6.80. The minimum atomic E-state index is -0.330. The van der Waals surface area contributed by atoms with Gasteiger partial charge < -0.3 is 5.73 Å². The fourth-order valence-electron chi connectivity index (χ4n) is 1.18. The SMILES string of the molecule is CSc1ccc(Cl)cc1C(C)(C)N. The second-order valence-electron chi connectivity index (χ2n) is 3.57. The Hall–Kier alpha value is -0.180. The molecule has 0 saturated carbocycles. The van der Waals surface area contributed by atoms with Crippen molar-refractivity contribution in [2.75, 3.05) is 6.26 Å². The van der Waals surface area contributed by atoms with Crippen LogP contribution in [0.1, 0.15) is 19.4 Å². The predicted molar refractivity (Wildman–Crippen MR) is 60.4 cm³/mol. The summed E-state index contributed by atoms with van der Waals surface area (Å²) in [6, 6.07) is 5.84. The van der Waals surface area contributed by atoms with E-state index in [1.807, 2.05) is 38.3 Å². The van der Waals surface area contributed by atoms with Crippen molar-refractivity contribution in [2.24, 2.45) is 5.73 Å². The maximum Gasteiger partial charge on any atom is 0.0410 e. The molecule has 0 saturated heterocycles. The molecule has 13 heavy (non-hydrogen) atoms. The zero-order chi connectivity index (χ0) is 10.1. The molecule has 0 aliphatic carbocycles. The second kappa shape index (κ2) is 3.91. The molecule has 72 valence electrons. The molecule has 0 aliphatic rings. The average Bonchev–Trinajstić information content (AvgIpc) is 2.03. The summed E-state index contributed by atoms with van der Waals surface area (Å²) >= 11 is 7.61. The smallest absolute Gasteiger partial charge is 0.0410 e. The van der Waals surface area contributed by atoms with Gasteiger partial charge in [0.1, 0.15) is 0 Å². The average molecular weight is 216 g/mol. The van der Waals surface area contributed by atoms with Crippen molar-refractivity contribution in [3.05, 3.63) is 28.8 Å². The summed E-state index contributed by atoms with van der Waals surface area (Å²) in [5.74, 6) is 0. The van der Waals surface area contributed by atoms with Crippen molar-refractivity contribution in [2.45, 2.75) is 24.3 Å². The van der Waals surface area contributed by atoms with Gasteiger partial charge in [-0.1, -0.05) is 11.6 Å². The molecule has 0 radical (unpaired) electrons. The van der Waals surface area contributed by atoms with Crippen LogP contribution in [0.15, 0.2) is 23.1 Å². The normalized spacial score (nSPS) is 11.8. The van der Waals surface area contributed by atoms with E-state index in [2.05, 4.69) is 0 Å². The molecule has 0 aliphatic heterocycles. The lowest BCUT2D eigenvalue weighted by Crippen LogP contribution is -2.29. The monoisotopic (exact) mass is 215 g/mol. The molecule has 3 heteroatoms. The van der Waals surface area contributed by atoms with Gasteiger partial charge in [-0.25, -0.2) is 0 Å². The van der Waals surface area contributed by atoms with Crippen molar-refractivity contribution in [3.8, 4) is 0 Å². The van der Waals surface area contributed by atoms with Crippen LogP contribution in [0.25, 0.3) is 0 Å². The summed E-state index contributed by atoms with van der Waals surface area (Å²) in [6.45, 7) is 3.97. The molecule has 0 atom stereocenters. The molecular weight excluding hydrogens is 202 g/mol. The van der Waals surface area contributed by atoms with Crippen LogP contribution >= 0.6 is 23.4 Å². The first kappa shape index (κ1) is 10.9. The van der Waals surface area contributed by atoms with Gasteiger partial charge in [-0.15, -0.1) is 11.8 Å². The summed E-state index contributed by atoms with van der Waals surface area (Å²) in [4.78, 5) is 1.19. The zero-order valence-electron chi connectivity index (χ0n) is 8.10. The molecule has 0 unspecified atom stereocenters. The molecule has 0 heterocycles. The third-order valence-electron chi connectivity index (χ3n) is 1.86. The molecule has 0 spiro atoms. The van der Waals surface area contributed by atoms with E-state index in [1.54, 1.807) is 11.8 Å². The first-order chi connectivity index (χ1) is 5.95. The van der Waals surface area contributed by atoms with E-state index in [4.69, 9.17) is 17.3 Å². The van der Waals surface area contributed by atoms with Crippen molar-refractivity contribution >= 4 is 23.4 Å². The highest BCUT2D eigenvalue weighted by Crippen LogP contribution is 2.30. The number of hydrogen-bond acceptors (Lipinski definition) is 2. The van der Waals surface area contributed by atoms with Gasteiger partial charge in [0.2, 0.25) is 0 Å². The maximum atomic E-state index is 6.03. The minimum absolute atomic E-state index is 0.330. The van der Waals surface area contributed by atoms with Crippen LogP contribution in [0.2, 0.25) is 5.02 Å². The summed E-state index contributed by atoms with van der Waals surface area (Å²) < 4.78 is 0. The molecule has 0 fully saturated rings. The molecule has 1 rings (SSSR count). The third-order valence-corrected chi connectivity index (χ3v) is 2.89. The van der Waals surface area contributed by atoms with Gasteiger partial charge in [0.15, 0.2) is 0 Å². The number of rotatable bonds is 2. The Kier molecular flexibility index (Phi) is 3.28. The zero-order valence-corrected chi connectivity index (χ0v) is 9.67. The van der Waals surface area contributed by atoms with E-state index in [0.29, 0.717) is 0 Å². The Bertz CT molecular complexity index is 304. The van der Waals surface area contributed by atoms with Crippen LogP contribution in [0, 0.1) is 0 Å². The maximum absolute atomic E-state index is 6.03. The highest BCUT2D eigenvalue weighted by Gasteiger charge is 2.18. The van der Waals surface area contributed by atoms with Crippen LogP contribution in [-0.2, 0) is 5.54 Å². The lowest BCUT2D eigenvalue weighted by atomic mass is 9.96. The van der Waals surface area contributed by atoms with Crippen LogP contribution < -0.4 is 5.73 Å². The van der Waals surface area contributed by atoms with E-state index in [1.165, 1.54) is 4.90 Å². The number of nitrogens with two attached hydrogens (primary N) is 1. The lowest BCUT2D eigenvalue weighted by Gasteiger charge is -2.22. The molecule has 1 nitrogen and oxygen atoms in total. The Morgan fingerprint density at radius 3 is 2.46 bits per heavy atom. The van der Waals surface area contributed by atoms with Crippen LogP contribution in [0.5, 0.6) is 0 Å². The van der Waals surface area contributed by atoms with E-state index in [9.17, 15) is 0 Å². The number of benzene rings is 1. The van der Waals surface area contributed by atoms with Gasteiger partial charge in [-0.2, -0.15) is 0 Å². The topological polar surface area (TPSA) is 26.0 Å². The van der Waals surface area contributed by atoms with E-state index < -0.39 is 0 Å². The molecule has 0 bridgehead atoms. The predicted octanol–water partition coefficient (Wildman–Crippen LogP) is 3.26. The number of thioether (sulfide) groups is 1. The Morgan fingerprint density at radius 2 is 2.00 bits per heavy atom. The standard InChI is InChI=1S/C10H14ClNS/c1-10(2,12)8-6-7(11)4-5-9(8)13-3/h4-6H,12H2,1-3H3. The molecule has 1 aromatic carbocycles. The van der Waals surface area contributed by atoms with Crippen LogP contribution in [0.3, 0.4) is 0 Å². The van der Waals surface area contributed by atoms with Gasteiger partial charge >= 0.3 is 0 Å². The quantitative estimate of drug-likeness (QED) is 0.767. The van der Waals surface area contributed by atoms with Gasteiger partial charge in [-0.05, 0) is 43.9 Å². The first-order valence-corrected chi connectivity index (χ1v) is 5.68. The van der Waals surface area contributed by atoms with E-state index >= 15 is 0 Å². The molecule has 1 aromatic rings. The molecular formula is C10H14ClNS. The van der Waals surface area contributed by atoms with E-state index in [0.717, 1.165) is 10.6 Å². The van der Waals surface area contributed by atoms with Gasteiger partial charge in [-0.3, -0.25) is 0 Å². The largest absolute Gasteiger partial charge is 0.322 e. The molecule has 0 aromatic heterocycles. The molecule has 0 amide bonds. The highest BCUT2D eigenvalue weighted by molar-refractivity contribution is 7.98. The van der Waals surface area contributed by atoms with Crippen LogP contribution in [0.4, 0.5) is 0 Å². The van der Waals surface area contributed by atoms with Crippen LogP contribution in [-0.4, -0.2) is 6.26 Å². The third kappa shape index (κ3) is 2.63. The van der Waals surface area contributed by atoms with Gasteiger partial charge in [0.25, 0.3) is 0 Å². The summed E-state index contributed by atoms with van der Waals surface area (Å²) in [7, 11) is 0. The van der Waals surface area contributed by atoms with Crippen molar-refractivity contribution in [1.29, 1.82) is 0 Å². The lowest BCUT2D eigenvalue weighted by molar-refractivity contribution is 0.543. The second-order valence-corrected chi connectivity index (χ2v) is 4.85. The van der Waals surface area contributed by atoms with Gasteiger partial charge in [0.05, 0.1) is 0 Å². The van der Waals surface area contributed by atoms with Crippen molar-refractivity contribution < 1.29 is 0 Å². The Morgan fingerprint density at radius 1 is 1.38 bits per heavy atom. The first-order valence-electron chi connectivity index (χ1n) is 4.08. The van der Waals surface area contributed by atoms with Crippen molar-refractivity contribution in [3.63, 3.8) is 0 Å². The highest BCUT2D eigenvalue weighted by atomic mass is 35.5. The van der Waals surface area contributed by atoms with Crippen molar-refractivity contribution in [1.82, 2.24) is 0 Å². The summed E-state index contributed by atoms with van der Waals surface area (Å²) in [6.07, 6.45) is 2.04. The number of halogens is 1. The Balaban J connectivity index is 3.24. The summed E-state index contributed by atoms with van der Waals surface area (Å²) in [5, 5.41) is 0.742. The Labute approximate surface area is 88.7 Å². The fourth-order valence-corrected chi connectivity index (χ4v) is 2.10. The van der Waals surface area contributed by atoms with E-state index in [-0.39, 0.29) is 5.54 Å². The molecule has 2 N–H and O–H groups in total. The number of hydrogen-bond donors (Lipinski definition) is 1. The van der Waals surface area contributed by atoms with Gasteiger partial charge in [0, 0.05) is 15.5 Å². The minimum Gasteiger partial charge on any atom is -0.322 e. The fraction of sp³-hybridized carbons (Fsp3) is 0.400.